The molecule has 4 aliphatic rings. The topological polar surface area (TPSA) is 81.7 Å². The van der Waals surface area contributed by atoms with Crippen LogP contribution in [0.2, 0.25) is 0 Å². The number of carbonyl (C=O) groups is 2. The lowest BCUT2D eigenvalue weighted by atomic mass is 9.76. The number of benzene rings is 1. The van der Waals surface area contributed by atoms with Gasteiger partial charge in [-0.05, 0) is 71.2 Å². The number of fused-ring (bicyclic) bond motifs is 2. The predicted octanol–water partition coefficient (Wildman–Crippen LogP) is 4.13. The Morgan fingerprint density at radius 3 is 2.55 bits per heavy atom. The van der Waals surface area contributed by atoms with Gasteiger partial charge in [0, 0.05) is 36.7 Å². The Morgan fingerprint density at radius 1 is 1.12 bits per heavy atom. The number of nitrogens with zero attached hydrogens (tertiary/aromatic N) is 5. The number of nitrogens with one attached hydrogen (secondary N) is 1. The number of aryl methyl sites for hydroxylation is 1. The van der Waals surface area contributed by atoms with Crippen LogP contribution in [0.4, 0.5) is 14.6 Å². The van der Waals surface area contributed by atoms with E-state index in [2.05, 4.69) is 10.2 Å². The SMILES string of the molecule is Cc1nc(N[C@H](C)c2cccc(C(F)F)c2C)c2c(n1)C1(CCN(C)C1)C(=O)N([C@@H]1CCN(C(=O)C3CC3)C1)C2. The van der Waals surface area contributed by atoms with Crippen LogP contribution in [0.25, 0.3) is 0 Å². The lowest BCUT2D eigenvalue weighted by Crippen LogP contribution is -2.56. The molecule has 3 aliphatic heterocycles. The zero-order valence-corrected chi connectivity index (χ0v) is 23.7. The smallest absolute Gasteiger partial charge is 0.264 e. The molecule has 40 heavy (non-hydrogen) atoms. The van der Waals surface area contributed by atoms with Gasteiger partial charge in [-0.1, -0.05) is 18.2 Å². The minimum Gasteiger partial charge on any atom is -0.363 e. The molecule has 1 saturated carbocycles. The van der Waals surface area contributed by atoms with Crippen LogP contribution in [-0.4, -0.2) is 75.8 Å². The minimum atomic E-state index is -2.54. The second-order valence-electron chi connectivity index (χ2n) is 12.2. The van der Waals surface area contributed by atoms with Crippen molar-refractivity contribution in [2.45, 2.75) is 76.9 Å². The summed E-state index contributed by atoms with van der Waals surface area (Å²) in [5.74, 6) is 1.69. The second kappa shape index (κ2) is 10.0. The quantitative estimate of drug-likeness (QED) is 0.581. The number of likely N-dealkylation sites (N-methyl/N-ethyl adjacent to an activating group) is 1. The number of alkyl halides is 2. The molecule has 3 atom stereocenters. The molecule has 10 heteroatoms. The average Bonchev–Trinajstić information content (AvgIpc) is 3.52. The molecule has 2 aromatic rings. The molecule has 1 spiro atoms. The standard InChI is InChI=1S/C30H38F2N6O2/c1-17-22(6-5-7-23(17)26(31)32)18(2)33-27-24-15-38(21-10-12-37(14-21)28(39)20-8-9-20)29(40)30(11-13-36(4)16-30)25(24)34-19(3)35-27/h5-7,18,20-21,26H,8-16H2,1-4H3,(H,33,34,35)/t18-,21-,30?/m1/s1. The molecular weight excluding hydrogens is 514 g/mol. The maximum absolute atomic E-state index is 14.3. The van der Waals surface area contributed by atoms with Crippen LogP contribution in [0.3, 0.4) is 0 Å². The molecule has 1 unspecified atom stereocenters. The largest absolute Gasteiger partial charge is 0.363 e. The van der Waals surface area contributed by atoms with Crippen molar-refractivity contribution < 1.29 is 18.4 Å². The summed E-state index contributed by atoms with van der Waals surface area (Å²) < 4.78 is 27.2. The summed E-state index contributed by atoms with van der Waals surface area (Å²) in [5.41, 5.74) is 2.28. The molecular formula is C30H38F2N6O2. The molecule has 1 aliphatic carbocycles. The number of amides is 2. The van der Waals surface area contributed by atoms with E-state index in [1.165, 1.54) is 6.07 Å². The van der Waals surface area contributed by atoms with Crippen molar-refractivity contribution in [2.75, 3.05) is 38.5 Å². The highest BCUT2D eigenvalue weighted by Crippen LogP contribution is 2.44. The van der Waals surface area contributed by atoms with Crippen molar-refractivity contribution >= 4 is 17.6 Å². The minimum absolute atomic E-state index is 0.0308. The van der Waals surface area contributed by atoms with Gasteiger partial charge in [0.05, 0.1) is 24.3 Å². The highest BCUT2D eigenvalue weighted by Gasteiger charge is 2.55. The van der Waals surface area contributed by atoms with E-state index in [-0.39, 0.29) is 35.4 Å². The van der Waals surface area contributed by atoms with Crippen LogP contribution in [0, 0.1) is 19.8 Å². The Labute approximate surface area is 234 Å². The van der Waals surface area contributed by atoms with E-state index in [0.29, 0.717) is 49.8 Å². The van der Waals surface area contributed by atoms with Gasteiger partial charge in [-0.15, -0.1) is 0 Å². The summed E-state index contributed by atoms with van der Waals surface area (Å²) in [4.78, 5) is 42.9. The van der Waals surface area contributed by atoms with Crippen LogP contribution in [-0.2, 0) is 21.5 Å². The van der Waals surface area contributed by atoms with Crippen molar-refractivity contribution in [1.82, 2.24) is 24.7 Å². The molecule has 214 valence electrons. The fourth-order valence-corrected chi connectivity index (χ4v) is 6.99. The Balaban J connectivity index is 1.36. The van der Waals surface area contributed by atoms with Gasteiger partial charge >= 0.3 is 0 Å². The Morgan fingerprint density at radius 2 is 1.88 bits per heavy atom. The third-order valence-electron chi connectivity index (χ3n) is 9.35. The Kier molecular flexibility index (Phi) is 6.79. The van der Waals surface area contributed by atoms with Gasteiger partial charge in [0.1, 0.15) is 17.1 Å². The van der Waals surface area contributed by atoms with Gasteiger partial charge in [-0.3, -0.25) is 9.59 Å². The number of likely N-dealkylation sites (tertiary alicyclic amines) is 2. The molecule has 2 saturated heterocycles. The maximum Gasteiger partial charge on any atom is 0.264 e. The Hall–Kier alpha value is -3.14. The van der Waals surface area contributed by atoms with Crippen molar-refractivity contribution in [2.24, 2.45) is 5.92 Å². The third kappa shape index (κ3) is 4.54. The fraction of sp³-hybridized carbons (Fsp3) is 0.600. The number of aromatic nitrogens is 2. The van der Waals surface area contributed by atoms with Crippen LogP contribution in [0.1, 0.15) is 78.8 Å². The molecule has 2 amide bonds. The summed E-state index contributed by atoms with van der Waals surface area (Å²) in [7, 11) is 2.03. The maximum atomic E-state index is 14.3. The van der Waals surface area contributed by atoms with Gasteiger partial charge in [0.25, 0.3) is 6.43 Å². The van der Waals surface area contributed by atoms with Crippen molar-refractivity contribution in [1.29, 1.82) is 0 Å². The van der Waals surface area contributed by atoms with Gasteiger partial charge in [-0.2, -0.15) is 0 Å². The van der Waals surface area contributed by atoms with Crippen LogP contribution in [0.5, 0.6) is 0 Å². The van der Waals surface area contributed by atoms with Crippen LogP contribution in [0.15, 0.2) is 18.2 Å². The summed E-state index contributed by atoms with van der Waals surface area (Å²) in [6.45, 7) is 8.48. The highest BCUT2D eigenvalue weighted by molar-refractivity contribution is 5.91. The van der Waals surface area contributed by atoms with Crippen molar-refractivity contribution in [3.05, 3.63) is 52.0 Å². The molecule has 1 aromatic heterocycles. The first-order valence-corrected chi connectivity index (χ1v) is 14.4. The van der Waals surface area contributed by atoms with Crippen LogP contribution < -0.4 is 5.32 Å². The summed E-state index contributed by atoms with van der Waals surface area (Å²) in [6, 6.07) is 4.66. The molecule has 3 fully saturated rings. The Bertz CT molecular complexity index is 1350. The lowest BCUT2D eigenvalue weighted by Gasteiger charge is -2.43. The zero-order chi connectivity index (χ0) is 28.3. The fourth-order valence-electron chi connectivity index (χ4n) is 6.99. The van der Waals surface area contributed by atoms with Gasteiger partial charge < -0.3 is 20.0 Å². The van der Waals surface area contributed by atoms with E-state index in [1.54, 1.807) is 13.0 Å². The molecule has 4 heterocycles. The number of halogens is 2. The van der Waals surface area contributed by atoms with Gasteiger partial charge in [0.2, 0.25) is 11.8 Å². The first-order valence-electron chi connectivity index (χ1n) is 14.4. The van der Waals surface area contributed by atoms with E-state index in [0.717, 1.165) is 42.6 Å². The summed E-state index contributed by atoms with van der Waals surface area (Å²) in [5, 5.41) is 3.52. The lowest BCUT2D eigenvalue weighted by molar-refractivity contribution is -0.142. The molecule has 0 bridgehead atoms. The van der Waals surface area contributed by atoms with E-state index in [1.807, 2.05) is 36.8 Å². The molecule has 0 radical (unpaired) electrons. The highest BCUT2D eigenvalue weighted by atomic mass is 19.3. The molecule has 1 N–H and O–H groups in total. The first kappa shape index (κ1) is 27.1. The van der Waals surface area contributed by atoms with Crippen molar-refractivity contribution in [3.8, 4) is 0 Å². The number of anilines is 1. The van der Waals surface area contributed by atoms with Gasteiger partial charge in [0.15, 0.2) is 0 Å². The number of hydrogen-bond donors (Lipinski definition) is 1. The van der Waals surface area contributed by atoms with Crippen molar-refractivity contribution in [3.63, 3.8) is 0 Å². The molecule has 1 aromatic carbocycles. The summed E-state index contributed by atoms with van der Waals surface area (Å²) in [6.07, 6.45) is 0.823. The predicted molar refractivity (Wildman–Crippen MR) is 147 cm³/mol. The molecule has 8 nitrogen and oxygen atoms in total. The normalized spacial score (nSPS) is 25.7. The van der Waals surface area contributed by atoms with E-state index in [4.69, 9.17) is 9.97 Å². The zero-order valence-electron chi connectivity index (χ0n) is 23.7. The molecule has 6 rings (SSSR count). The monoisotopic (exact) mass is 552 g/mol. The van der Waals surface area contributed by atoms with Gasteiger partial charge in [-0.25, -0.2) is 18.7 Å². The summed E-state index contributed by atoms with van der Waals surface area (Å²) >= 11 is 0. The average molecular weight is 553 g/mol. The van der Waals surface area contributed by atoms with E-state index in [9.17, 15) is 18.4 Å². The number of hydrogen-bond acceptors (Lipinski definition) is 6. The number of rotatable bonds is 6. The van der Waals surface area contributed by atoms with Crippen LogP contribution >= 0.6 is 0 Å². The second-order valence-corrected chi connectivity index (χ2v) is 12.2. The number of carbonyl (C=O) groups excluding carboxylic acids is 2. The van der Waals surface area contributed by atoms with E-state index < -0.39 is 11.8 Å². The first-order chi connectivity index (χ1) is 19.1. The van der Waals surface area contributed by atoms with E-state index >= 15 is 0 Å². The third-order valence-corrected chi connectivity index (χ3v) is 9.35.